The Balaban J connectivity index is 1.63. The summed E-state index contributed by atoms with van der Waals surface area (Å²) in [6.45, 7) is 0.930. The minimum atomic E-state index is -3.81. The molecule has 0 atom stereocenters. The van der Waals surface area contributed by atoms with E-state index in [1.165, 1.54) is 13.3 Å². The number of hydrogen-bond donors (Lipinski definition) is 0. The molecule has 10 heteroatoms. The lowest BCUT2D eigenvalue weighted by atomic mass is 10.1. The van der Waals surface area contributed by atoms with E-state index in [4.69, 9.17) is 13.9 Å². The number of methoxy groups -OCH3 is 2. The van der Waals surface area contributed by atoms with Gasteiger partial charge in [0.2, 0.25) is 20.9 Å². The molecule has 0 aliphatic heterocycles. The van der Waals surface area contributed by atoms with Gasteiger partial charge in [0.25, 0.3) is 0 Å². The molecule has 0 aliphatic carbocycles. The molecule has 0 spiro atoms. The standard InChI is InChI=1S/C28H31N3O6S/c1-35-15-13-31-24(18-29-28(31)38(33,34)21-23-10-6-11-25(16-23)36-2)19-30(20-26-12-7-14-37-26)27(32)17-22-8-4-3-5-9-22/h3-12,14,16,18H,13,15,17,19-21H2,1-2H3. The van der Waals surface area contributed by atoms with Crippen LogP contribution in [0.5, 0.6) is 5.75 Å². The second-order valence-corrected chi connectivity index (χ2v) is 10.7. The van der Waals surface area contributed by atoms with Crippen LogP contribution >= 0.6 is 0 Å². The number of rotatable bonds is 13. The van der Waals surface area contributed by atoms with Crippen molar-refractivity contribution >= 4 is 15.7 Å². The van der Waals surface area contributed by atoms with Gasteiger partial charge in [-0.05, 0) is 35.4 Å². The number of carbonyl (C=O) groups excluding carboxylic acids is 1. The fourth-order valence-electron chi connectivity index (χ4n) is 4.14. The number of benzene rings is 2. The number of amides is 1. The molecular weight excluding hydrogens is 506 g/mol. The van der Waals surface area contributed by atoms with Gasteiger partial charge in [-0.25, -0.2) is 13.4 Å². The zero-order chi connectivity index (χ0) is 27.0. The van der Waals surface area contributed by atoms with Gasteiger partial charge in [0.1, 0.15) is 11.5 Å². The lowest BCUT2D eigenvalue weighted by Crippen LogP contribution is -2.32. The average molecular weight is 538 g/mol. The van der Waals surface area contributed by atoms with E-state index >= 15 is 0 Å². The molecule has 4 aromatic rings. The second-order valence-electron chi connectivity index (χ2n) is 8.78. The largest absolute Gasteiger partial charge is 0.497 e. The van der Waals surface area contributed by atoms with Crippen LogP contribution in [0.1, 0.15) is 22.6 Å². The Bertz CT molecular complexity index is 1430. The van der Waals surface area contributed by atoms with E-state index < -0.39 is 9.84 Å². The number of furan rings is 1. The smallest absolute Gasteiger partial charge is 0.228 e. The maximum absolute atomic E-state index is 13.5. The normalized spacial score (nSPS) is 11.4. The van der Waals surface area contributed by atoms with Gasteiger partial charge < -0.3 is 23.4 Å². The highest BCUT2D eigenvalue weighted by Crippen LogP contribution is 2.22. The first-order chi connectivity index (χ1) is 18.4. The molecule has 0 saturated heterocycles. The van der Waals surface area contributed by atoms with Crippen molar-refractivity contribution in [3.63, 3.8) is 0 Å². The van der Waals surface area contributed by atoms with E-state index in [1.807, 2.05) is 30.3 Å². The number of sulfone groups is 1. The Morgan fingerprint density at radius 3 is 2.50 bits per heavy atom. The van der Waals surface area contributed by atoms with Gasteiger partial charge in [0.05, 0.1) is 57.1 Å². The molecular formula is C28H31N3O6S. The summed E-state index contributed by atoms with van der Waals surface area (Å²) < 4.78 is 44.5. The molecule has 2 aromatic heterocycles. The van der Waals surface area contributed by atoms with Gasteiger partial charge in [0, 0.05) is 13.7 Å². The molecule has 0 unspecified atom stereocenters. The SMILES string of the molecule is COCCn1c(CN(Cc2ccco2)C(=O)Cc2ccccc2)cnc1S(=O)(=O)Cc1cccc(OC)c1. The Morgan fingerprint density at radius 1 is 1.00 bits per heavy atom. The lowest BCUT2D eigenvalue weighted by molar-refractivity contribution is -0.132. The minimum Gasteiger partial charge on any atom is -0.497 e. The monoisotopic (exact) mass is 537 g/mol. The number of hydrogen-bond acceptors (Lipinski definition) is 7. The van der Waals surface area contributed by atoms with E-state index in [2.05, 4.69) is 4.98 Å². The average Bonchev–Trinajstić information content (AvgIpc) is 3.58. The van der Waals surface area contributed by atoms with Gasteiger partial charge >= 0.3 is 0 Å². The fourth-order valence-corrected chi connectivity index (χ4v) is 5.64. The van der Waals surface area contributed by atoms with Crippen molar-refractivity contribution in [2.24, 2.45) is 0 Å². The summed E-state index contributed by atoms with van der Waals surface area (Å²) in [5.74, 6) is 0.844. The molecule has 4 rings (SSSR count). The number of imidazole rings is 1. The van der Waals surface area contributed by atoms with Crippen molar-refractivity contribution < 1.29 is 27.1 Å². The quantitative estimate of drug-likeness (QED) is 0.255. The van der Waals surface area contributed by atoms with Crippen molar-refractivity contribution in [3.8, 4) is 5.75 Å². The molecule has 1 amide bonds. The molecule has 0 bridgehead atoms. The first kappa shape index (κ1) is 27.2. The maximum atomic E-state index is 13.5. The molecule has 0 aliphatic rings. The molecule has 200 valence electrons. The van der Waals surface area contributed by atoms with E-state index in [9.17, 15) is 13.2 Å². The summed E-state index contributed by atoms with van der Waals surface area (Å²) >= 11 is 0. The summed E-state index contributed by atoms with van der Waals surface area (Å²) in [4.78, 5) is 19.3. The summed E-state index contributed by atoms with van der Waals surface area (Å²) in [6, 6.07) is 20.0. The molecule has 0 N–H and O–H groups in total. The first-order valence-electron chi connectivity index (χ1n) is 12.1. The zero-order valence-electron chi connectivity index (χ0n) is 21.4. The van der Waals surface area contributed by atoms with Crippen LogP contribution in [0, 0.1) is 0 Å². The molecule has 0 radical (unpaired) electrons. The number of aromatic nitrogens is 2. The summed E-state index contributed by atoms with van der Waals surface area (Å²) in [5, 5.41) is -0.0687. The van der Waals surface area contributed by atoms with Crippen molar-refractivity contribution in [2.75, 3.05) is 20.8 Å². The first-order valence-corrected chi connectivity index (χ1v) is 13.8. The lowest BCUT2D eigenvalue weighted by Gasteiger charge is -2.23. The fraction of sp³-hybridized carbons (Fsp3) is 0.286. The Morgan fingerprint density at radius 2 is 1.79 bits per heavy atom. The van der Waals surface area contributed by atoms with Crippen LogP contribution in [0.2, 0.25) is 0 Å². The van der Waals surface area contributed by atoms with Gasteiger partial charge in [-0.3, -0.25) is 4.79 Å². The Kier molecular flexibility index (Phi) is 8.98. The van der Waals surface area contributed by atoms with Crippen molar-refractivity contribution in [1.29, 1.82) is 0 Å². The third kappa shape index (κ3) is 6.90. The maximum Gasteiger partial charge on any atom is 0.228 e. The van der Waals surface area contributed by atoms with Crippen LogP contribution in [0.4, 0.5) is 0 Å². The summed E-state index contributed by atoms with van der Waals surface area (Å²) in [6.07, 6.45) is 3.27. The number of ether oxygens (including phenoxy) is 2. The van der Waals surface area contributed by atoms with Crippen LogP contribution in [-0.2, 0) is 51.2 Å². The van der Waals surface area contributed by atoms with Gasteiger partial charge in [-0.2, -0.15) is 0 Å². The van der Waals surface area contributed by atoms with Crippen molar-refractivity contribution in [2.45, 2.75) is 37.0 Å². The van der Waals surface area contributed by atoms with E-state index in [-0.39, 0.29) is 49.5 Å². The van der Waals surface area contributed by atoms with E-state index in [1.54, 1.807) is 59.2 Å². The van der Waals surface area contributed by atoms with E-state index in [0.717, 1.165) is 5.56 Å². The highest BCUT2D eigenvalue weighted by Gasteiger charge is 2.26. The van der Waals surface area contributed by atoms with Crippen molar-refractivity contribution in [1.82, 2.24) is 14.5 Å². The van der Waals surface area contributed by atoms with Crippen LogP contribution in [0.15, 0.2) is 88.8 Å². The Hall–Kier alpha value is -3.89. The van der Waals surface area contributed by atoms with E-state index in [0.29, 0.717) is 22.8 Å². The third-order valence-corrected chi connectivity index (χ3v) is 7.62. The minimum absolute atomic E-state index is 0.0687. The van der Waals surface area contributed by atoms with Gasteiger partial charge in [0.15, 0.2) is 0 Å². The molecule has 0 fully saturated rings. The Labute approximate surface area is 222 Å². The predicted molar refractivity (Wildman–Crippen MR) is 141 cm³/mol. The molecule has 0 saturated carbocycles. The van der Waals surface area contributed by atoms with Crippen LogP contribution in [0.3, 0.4) is 0 Å². The van der Waals surface area contributed by atoms with Crippen LogP contribution in [0.25, 0.3) is 0 Å². The topological polar surface area (TPSA) is 104 Å². The molecule has 9 nitrogen and oxygen atoms in total. The van der Waals surface area contributed by atoms with Gasteiger partial charge in [-0.1, -0.05) is 42.5 Å². The number of nitrogens with zero attached hydrogens (tertiary/aromatic N) is 3. The molecule has 2 aromatic carbocycles. The summed E-state index contributed by atoms with van der Waals surface area (Å²) in [7, 11) is -0.732. The third-order valence-electron chi connectivity index (χ3n) is 6.02. The number of carbonyl (C=O) groups is 1. The molecule has 2 heterocycles. The highest BCUT2D eigenvalue weighted by atomic mass is 32.2. The van der Waals surface area contributed by atoms with Crippen LogP contribution < -0.4 is 4.74 Å². The zero-order valence-corrected chi connectivity index (χ0v) is 22.3. The van der Waals surface area contributed by atoms with Gasteiger partial charge in [-0.15, -0.1) is 0 Å². The second kappa shape index (κ2) is 12.6. The van der Waals surface area contributed by atoms with Crippen LogP contribution in [-0.4, -0.2) is 49.6 Å². The predicted octanol–water partition coefficient (Wildman–Crippen LogP) is 3.88. The molecule has 38 heavy (non-hydrogen) atoms. The van der Waals surface area contributed by atoms with Crippen molar-refractivity contribution in [3.05, 3.63) is 102 Å². The summed E-state index contributed by atoms with van der Waals surface area (Å²) in [5.41, 5.74) is 2.06. The highest BCUT2D eigenvalue weighted by molar-refractivity contribution is 7.90.